The highest BCUT2D eigenvalue weighted by molar-refractivity contribution is 6.08. The van der Waals surface area contributed by atoms with Gasteiger partial charge in [-0.15, -0.1) is 0 Å². The molecule has 5 nitrogen and oxygen atoms in total. The lowest BCUT2D eigenvalue weighted by atomic mass is 9.85. The van der Waals surface area contributed by atoms with E-state index in [1.807, 2.05) is 36.4 Å². The van der Waals surface area contributed by atoms with Gasteiger partial charge in [0.2, 0.25) is 17.7 Å². The van der Waals surface area contributed by atoms with E-state index in [2.05, 4.69) is 19.2 Å². The first kappa shape index (κ1) is 16.4. The molecular formula is C19H22N2O3. The molecule has 0 aromatic heterocycles. The monoisotopic (exact) mass is 326 g/mol. The largest absolute Gasteiger partial charge is 0.325 e. The van der Waals surface area contributed by atoms with Crippen molar-refractivity contribution in [2.24, 2.45) is 11.8 Å². The van der Waals surface area contributed by atoms with Gasteiger partial charge in [0.1, 0.15) is 6.54 Å². The highest BCUT2D eigenvalue weighted by atomic mass is 16.2. The number of carbonyl (C=O) groups excluding carboxylic acids is 3. The van der Waals surface area contributed by atoms with Crippen molar-refractivity contribution >= 4 is 23.4 Å². The summed E-state index contributed by atoms with van der Waals surface area (Å²) in [5.41, 5.74) is 1.86. The molecule has 1 saturated heterocycles. The summed E-state index contributed by atoms with van der Waals surface area (Å²) in [7, 11) is 0. The van der Waals surface area contributed by atoms with Crippen LogP contribution in [0, 0.1) is 11.8 Å². The van der Waals surface area contributed by atoms with Crippen LogP contribution in [-0.4, -0.2) is 29.2 Å². The molecule has 0 unspecified atom stereocenters. The standard InChI is InChI=1S/C19H22N2O3/c1-12(2)13-7-9-14(10-8-13)20-17(22)11-21-18(23)15-5-3-4-6-16(15)19(21)24/h3-4,7-10,12,15-16H,5-6,11H2,1-2H3,(H,20,22)/t15-,16-/m1/s1. The molecule has 126 valence electrons. The third-order valence-electron chi connectivity index (χ3n) is 4.76. The third kappa shape index (κ3) is 3.11. The van der Waals surface area contributed by atoms with Crippen LogP contribution in [0.1, 0.15) is 38.2 Å². The molecule has 0 saturated carbocycles. The molecule has 1 aromatic rings. The van der Waals surface area contributed by atoms with Gasteiger partial charge >= 0.3 is 0 Å². The number of fused-ring (bicyclic) bond motifs is 1. The lowest BCUT2D eigenvalue weighted by Gasteiger charge is -2.15. The molecule has 5 heteroatoms. The van der Waals surface area contributed by atoms with Crippen LogP contribution in [0.3, 0.4) is 0 Å². The van der Waals surface area contributed by atoms with Crippen molar-refractivity contribution in [3.8, 4) is 0 Å². The quantitative estimate of drug-likeness (QED) is 0.683. The van der Waals surface area contributed by atoms with Gasteiger partial charge in [0, 0.05) is 5.69 Å². The summed E-state index contributed by atoms with van der Waals surface area (Å²) in [5.74, 6) is -0.951. The predicted molar refractivity (Wildman–Crippen MR) is 91.2 cm³/mol. The first-order valence-corrected chi connectivity index (χ1v) is 8.37. The van der Waals surface area contributed by atoms with E-state index >= 15 is 0 Å². The Bertz CT molecular complexity index is 665. The molecule has 0 radical (unpaired) electrons. The van der Waals surface area contributed by atoms with Gasteiger partial charge in [0.05, 0.1) is 11.8 Å². The van der Waals surface area contributed by atoms with Gasteiger partial charge in [0.25, 0.3) is 0 Å². The fraction of sp³-hybridized carbons (Fsp3) is 0.421. The highest BCUT2D eigenvalue weighted by Crippen LogP contribution is 2.34. The van der Waals surface area contributed by atoms with Gasteiger partial charge in [-0.25, -0.2) is 0 Å². The van der Waals surface area contributed by atoms with Gasteiger partial charge in [0.15, 0.2) is 0 Å². The number of benzene rings is 1. The minimum atomic E-state index is -0.347. The zero-order chi connectivity index (χ0) is 17.3. The molecule has 24 heavy (non-hydrogen) atoms. The average Bonchev–Trinajstić information content (AvgIpc) is 2.81. The molecule has 0 spiro atoms. The van der Waals surface area contributed by atoms with E-state index in [1.54, 1.807) is 0 Å². The lowest BCUT2D eigenvalue weighted by Crippen LogP contribution is -2.38. The Morgan fingerprint density at radius 2 is 1.62 bits per heavy atom. The molecule has 3 amide bonds. The Kier molecular flexibility index (Phi) is 4.51. The highest BCUT2D eigenvalue weighted by Gasteiger charge is 2.47. The normalized spacial score (nSPS) is 22.9. The number of hydrogen-bond acceptors (Lipinski definition) is 3. The average molecular weight is 326 g/mol. The Labute approximate surface area is 141 Å². The number of nitrogens with zero attached hydrogens (tertiary/aromatic N) is 1. The Hall–Kier alpha value is -2.43. The zero-order valence-corrected chi connectivity index (χ0v) is 14.0. The van der Waals surface area contributed by atoms with Crippen LogP contribution in [0.4, 0.5) is 5.69 Å². The van der Waals surface area contributed by atoms with E-state index in [4.69, 9.17) is 0 Å². The maximum atomic E-state index is 12.3. The minimum absolute atomic E-state index is 0.212. The predicted octanol–water partition coefficient (Wildman–Crippen LogP) is 2.70. The summed E-state index contributed by atoms with van der Waals surface area (Å²) < 4.78 is 0. The van der Waals surface area contributed by atoms with Crippen LogP contribution in [0.2, 0.25) is 0 Å². The van der Waals surface area contributed by atoms with Crippen molar-refractivity contribution in [1.82, 2.24) is 4.90 Å². The molecule has 1 heterocycles. The van der Waals surface area contributed by atoms with Crippen LogP contribution in [0.5, 0.6) is 0 Å². The number of amides is 3. The number of carbonyl (C=O) groups is 3. The molecular weight excluding hydrogens is 304 g/mol. The number of rotatable bonds is 4. The van der Waals surface area contributed by atoms with Crippen LogP contribution < -0.4 is 5.32 Å². The molecule has 0 bridgehead atoms. The van der Waals surface area contributed by atoms with E-state index < -0.39 is 0 Å². The second-order valence-electron chi connectivity index (χ2n) is 6.74. The number of nitrogens with one attached hydrogen (secondary N) is 1. The van der Waals surface area contributed by atoms with Crippen molar-refractivity contribution < 1.29 is 14.4 Å². The third-order valence-corrected chi connectivity index (χ3v) is 4.76. The van der Waals surface area contributed by atoms with E-state index in [0.29, 0.717) is 24.4 Å². The first-order valence-electron chi connectivity index (χ1n) is 8.37. The topological polar surface area (TPSA) is 66.5 Å². The van der Waals surface area contributed by atoms with Crippen molar-refractivity contribution in [2.75, 3.05) is 11.9 Å². The lowest BCUT2D eigenvalue weighted by molar-refractivity contribution is -0.142. The molecule has 3 rings (SSSR count). The summed E-state index contributed by atoms with van der Waals surface area (Å²) in [6.07, 6.45) is 5.05. The van der Waals surface area contributed by atoms with Gasteiger partial charge < -0.3 is 5.32 Å². The van der Waals surface area contributed by atoms with Crippen LogP contribution >= 0.6 is 0 Å². The van der Waals surface area contributed by atoms with E-state index in [-0.39, 0.29) is 36.1 Å². The molecule has 2 atom stereocenters. The van der Waals surface area contributed by atoms with E-state index in [1.165, 1.54) is 5.56 Å². The van der Waals surface area contributed by atoms with E-state index in [9.17, 15) is 14.4 Å². The van der Waals surface area contributed by atoms with Gasteiger partial charge in [-0.1, -0.05) is 38.1 Å². The van der Waals surface area contributed by atoms with Gasteiger partial charge in [-0.05, 0) is 36.5 Å². The summed E-state index contributed by atoms with van der Waals surface area (Å²) >= 11 is 0. The first-order chi connectivity index (χ1) is 11.5. The molecule has 2 aliphatic rings. The number of hydrogen-bond donors (Lipinski definition) is 1. The summed E-state index contributed by atoms with van der Waals surface area (Å²) in [4.78, 5) is 38.0. The van der Waals surface area contributed by atoms with Crippen molar-refractivity contribution in [1.29, 1.82) is 0 Å². The smallest absolute Gasteiger partial charge is 0.244 e. The van der Waals surface area contributed by atoms with Crippen molar-refractivity contribution in [2.45, 2.75) is 32.6 Å². The SMILES string of the molecule is CC(C)c1ccc(NC(=O)CN2C(=O)[C@@H]3CC=CC[C@H]3C2=O)cc1. The van der Waals surface area contributed by atoms with Gasteiger partial charge in [-0.2, -0.15) is 0 Å². The fourth-order valence-corrected chi connectivity index (χ4v) is 3.32. The molecule has 1 N–H and O–H groups in total. The van der Waals surface area contributed by atoms with Crippen LogP contribution in [0.15, 0.2) is 36.4 Å². The summed E-state index contributed by atoms with van der Waals surface area (Å²) in [6.45, 7) is 4.00. The van der Waals surface area contributed by atoms with Crippen molar-refractivity contribution in [3.63, 3.8) is 0 Å². The maximum absolute atomic E-state index is 12.3. The summed E-state index contributed by atoms with van der Waals surface area (Å²) in [5, 5.41) is 2.76. The second-order valence-corrected chi connectivity index (χ2v) is 6.74. The second kappa shape index (κ2) is 6.59. The van der Waals surface area contributed by atoms with E-state index in [0.717, 1.165) is 4.90 Å². The molecule has 1 aromatic carbocycles. The summed E-state index contributed by atoms with van der Waals surface area (Å²) in [6, 6.07) is 7.61. The number of imide groups is 1. The molecule has 1 aliphatic carbocycles. The van der Waals surface area contributed by atoms with Crippen LogP contribution in [-0.2, 0) is 14.4 Å². The number of likely N-dealkylation sites (tertiary alicyclic amines) is 1. The maximum Gasteiger partial charge on any atom is 0.244 e. The number of anilines is 1. The number of allylic oxidation sites excluding steroid dienone is 2. The fourth-order valence-electron chi connectivity index (χ4n) is 3.32. The molecule has 1 aliphatic heterocycles. The van der Waals surface area contributed by atoms with Crippen molar-refractivity contribution in [3.05, 3.63) is 42.0 Å². The zero-order valence-electron chi connectivity index (χ0n) is 14.0. The van der Waals surface area contributed by atoms with Gasteiger partial charge in [-0.3, -0.25) is 19.3 Å². The van der Waals surface area contributed by atoms with Crippen LogP contribution in [0.25, 0.3) is 0 Å². The Balaban J connectivity index is 1.62. The molecule has 1 fully saturated rings. The minimum Gasteiger partial charge on any atom is -0.325 e. The Morgan fingerprint density at radius 3 is 2.12 bits per heavy atom. The Morgan fingerprint density at radius 1 is 1.08 bits per heavy atom.